The van der Waals surface area contributed by atoms with Gasteiger partial charge in [-0.25, -0.2) is 15.0 Å². The second-order valence-electron chi connectivity index (χ2n) is 17.6. The fraction of sp³-hybridized carbons (Fsp3) is 0. The third-order valence-corrected chi connectivity index (χ3v) is 14.8. The van der Waals surface area contributed by atoms with Crippen LogP contribution in [0.4, 0.5) is 0 Å². The standard InChI is InChI=1S/C63H39N5S/c1-4-14-40(15-5-1)42-24-26-45(27-25-42)62-64-61(44-18-8-3-9-19-44)65-63(66-62)46-30-34-48(35-31-46)68-56-23-13-11-21-50(56)52-37-39-54-53-38-36-51-49-20-10-12-22-55(49)67(57(51)59(53)69-60(54)58(52)68)47-32-28-43(29-33-47)41-16-6-2-7-17-41/h1-39H. The van der Waals surface area contributed by atoms with Gasteiger partial charge in [0.25, 0.3) is 0 Å². The molecule has 14 rings (SSSR count). The zero-order valence-electron chi connectivity index (χ0n) is 37.2. The van der Waals surface area contributed by atoms with Crippen molar-refractivity contribution in [2.45, 2.75) is 0 Å². The van der Waals surface area contributed by atoms with Gasteiger partial charge in [-0.05, 0) is 70.8 Å². The smallest absolute Gasteiger partial charge is 0.164 e. The number of nitrogens with zero attached hydrogens (tertiary/aromatic N) is 5. The Morgan fingerprint density at radius 2 is 0.551 bits per heavy atom. The number of rotatable bonds is 7. The Morgan fingerprint density at radius 1 is 0.246 bits per heavy atom. The lowest BCUT2D eigenvalue weighted by atomic mass is 10.0. The van der Waals surface area contributed by atoms with Gasteiger partial charge in [0.15, 0.2) is 17.5 Å². The normalized spacial score (nSPS) is 11.8. The second-order valence-corrected chi connectivity index (χ2v) is 18.6. The number of thiophene rings is 1. The van der Waals surface area contributed by atoms with Crippen molar-refractivity contribution in [3.05, 3.63) is 237 Å². The van der Waals surface area contributed by atoms with Gasteiger partial charge in [-0.2, -0.15) is 0 Å². The summed E-state index contributed by atoms with van der Waals surface area (Å²) in [5, 5.41) is 7.47. The van der Waals surface area contributed by atoms with E-state index in [1.165, 1.54) is 75.0 Å². The summed E-state index contributed by atoms with van der Waals surface area (Å²) < 4.78 is 7.46. The van der Waals surface area contributed by atoms with Gasteiger partial charge in [-0.1, -0.05) is 188 Å². The lowest BCUT2D eigenvalue weighted by Crippen LogP contribution is -2.00. The number of benzene rings is 10. The predicted molar refractivity (Wildman–Crippen MR) is 289 cm³/mol. The highest BCUT2D eigenvalue weighted by Gasteiger charge is 2.22. The fourth-order valence-electron chi connectivity index (χ4n) is 10.3. The molecule has 4 heterocycles. The summed E-state index contributed by atoms with van der Waals surface area (Å²) >= 11 is 1.90. The van der Waals surface area contributed by atoms with Crippen molar-refractivity contribution >= 4 is 75.1 Å². The number of para-hydroxylation sites is 2. The molecule has 0 aliphatic carbocycles. The molecule has 14 aromatic rings. The first-order valence-electron chi connectivity index (χ1n) is 23.3. The van der Waals surface area contributed by atoms with Gasteiger partial charge in [-0.3, -0.25) is 0 Å². The molecule has 0 bridgehead atoms. The minimum atomic E-state index is 0.626. The molecule has 0 aliphatic heterocycles. The van der Waals surface area contributed by atoms with E-state index in [1.54, 1.807) is 0 Å². The summed E-state index contributed by atoms with van der Waals surface area (Å²) in [6.45, 7) is 0. The molecule has 0 unspecified atom stereocenters. The molecule has 0 atom stereocenters. The number of hydrogen-bond acceptors (Lipinski definition) is 4. The average Bonchev–Trinajstić information content (AvgIpc) is 4.10. The van der Waals surface area contributed by atoms with Crippen molar-refractivity contribution in [1.82, 2.24) is 24.1 Å². The van der Waals surface area contributed by atoms with Crippen molar-refractivity contribution in [3.8, 4) is 67.8 Å². The topological polar surface area (TPSA) is 48.5 Å². The van der Waals surface area contributed by atoms with Crippen LogP contribution in [0, 0.1) is 0 Å². The van der Waals surface area contributed by atoms with Gasteiger partial charge < -0.3 is 9.13 Å². The maximum absolute atomic E-state index is 5.12. The Kier molecular flexibility index (Phi) is 9.00. The Morgan fingerprint density at radius 3 is 0.986 bits per heavy atom. The first-order valence-corrected chi connectivity index (χ1v) is 24.1. The van der Waals surface area contributed by atoms with E-state index < -0.39 is 0 Å². The van der Waals surface area contributed by atoms with Gasteiger partial charge in [0.05, 0.1) is 31.5 Å². The van der Waals surface area contributed by atoms with E-state index in [0.717, 1.165) is 39.1 Å². The third-order valence-electron chi connectivity index (χ3n) is 13.6. The van der Waals surface area contributed by atoms with E-state index in [1.807, 2.05) is 35.6 Å². The van der Waals surface area contributed by atoms with Crippen LogP contribution in [0.3, 0.4) is 0 Å². The Hall–Kier alpha value is -8.97. The lowest BCUT2D eigenvalue weighted by Gasteiger charge is -2.11. The molecule has 0 spiro atoms. The molecule has 69 heavy (non-hydrogen) atoms. The van der Waals surface area contributed by atoms with Crippen LogP contribution in [0.1, 0.15) is 0 Å². The Bertz CT molecular complexity index is 4250. The van der Waals surface area contributed by atoms with Crippen molar-refractivity contribution < 1.29 is 0 Å². The molecule has 0 N–H and O–H groups in total. The summed E-state index contributed by atoms with van der Waals surface area (Å²) in [6.07, 6.45) is 0. The van der Waals surface area contributed by atoms with Gasteiger partial charge in [0.1, 0.15) is 0 Å². The predicted octanol–water partition coefficient (Wildman–Crippen LogP) is 16.8. The Balaban J connectivity index is 0.927. The maximum atomic E-state index is 5.12. The van der Waals surface area contributed by atoms with Crippen molar-refractivity contribution in [2.24, 2.45) is 0 Å². The van der Waals surface area contributed by atoms with E-state index in [4.69, 9.17) is 15.0 Å². The molecule has 0 saturated heterocycles. The number of hydrogen-bond donors (Lipinski definition) is 0. The zero-order chi connectivity index (χ0) is 45.4. The van der Waals surface area contributed by atoms with Crippen molar-refractivity contribution in [1.29, 1.82) is 0 Å². The van der Waals surface area contributed by atoms with Gasteiger partial charge >= 0.3 is 0 Å². The molecule has 10 aromatic carbocycles. The van der Waals surface area contributed by atoms with Crippen LogP contribution in [-0.4, -0.2) is 24.1 Å². The van der Waals surface area contributed by atoms with Crippen molar-refractivity contribution in [3.63, 3.8) is 0 Å². The minimum Gasteiger partial charge on any atom is -0.308 e. The van der Waals surface area contributed by atoms with Crippen LogP contribution >= 0.6 is 11.3 Å². The molecule has 0 aliphatic rings. The van der Waals surface area contributed by atoms with E-state index in [2.05, 4.69) is 221 Å². The molecule has 0 radical (unpaired) electrons. The molecule has 4 aromatic heterocycles. The van der Waals surface area contributed by atoms with Crippen LogP contribution in [0.2, 0.25) is 0 Å². The van der Waals surface area contributed by atoms with Gasteiger partial charge in [-0.15, -0.1) is 11.3 Å². The fourth-order valence-corrected chi connectivity index (χ4v) is 11.7. The summed E-state index contributed by atoms with van der Waals surface area (Å²) in [5.74, 6) is 1.90. The number of fused-ring (bicyclic) bond motifs is 11. The maximum Gasteiger partial charge on any atom is 0.164 e. The summed E-state index contributed by atoms with van der Waals surface area (Å²) in [7, 11) is 0. The zero-order valence-corrected chi connectivity index (χ0v) is 38.0. The molecule has 6 heteroatoms. The Labute approximate surface area is 401 Å². The summed E-state index contributed by atoms with van der Waals surface area (Å²) in [6, 6.07) is 84.3. The minimum absolute atomic E-state index is 0.626. The molecule has 0 fully saturated rings. The SMILES string of the molecule is c1ccc(-c2ccc(-c3nc(-c4ccccc4)nc(-c4ccc(-n5c6ccccc6c6ccc7c8ccc9c%10ccccc%10n(-c%10ccc(-c%11ccccc%11)cc%10)c9c8sc7c65)cc4)n3)cc2)cc1. The molecule has 0 saturated carbocycles. The largest absolute Gasteiger partial charge is 0.308 e. The molecular formula is C63H39N5S. The second kappa shape index (κ2) is 15.8. The van der Waals surface area contributed by atoms with Crippen LogP contribution < -0.4 is 0 Å². The monoisotopic (exact) mass is 897 g/mol. The quantitative estimate of drug-likeness (QED) is 0.160. The lowest BCUT2D eigenvalue weighted by molar-refractivity contribution is 1.07. The molecule has 5 nitrogen and oxygen atoms in total. The van der Waals surface area contributed by atoms with E-state index in [-0.39, 0.29) is 0 Å². The third kappa shape index (κ3) is 6.41. The first kappa shape index (κ1) is 39.2. The number of aromatic nitrogens is 5. The van der Waals surface area contributed by atoms with Gasteiger partial charge in [0.2, 0.25) is 0 Å². The van der Waals surface area contributed by atoms with Crippen LogP contribution in [0.25, 0.3) is 132 Å². The van der Waals surface area contributed by atoms with Gasteiger partial charge in [0, 0.05) is 60.4 Å². The van der Waals surface area contributed by atoms with E-state index >= 15 is 0 Å². The van der Waals surface area contributed by atoms with E-state index in [0.29, 0.717) is 17.5 Å². The van der Waals surface area contributed by atoms with Crippen molar-refractivity contribution in [2.75, 3.05) is 0 Å². The van der Waals surface area contributed by atoms with Crippen LogP contribution in [0.5, 0.6) is 0 Å². The molecule has 0 amide bonds. The highest BCUT2D eigenvalue weighted by Crippen LogP contribution is 2.47. The molecule has 322 valence electrons. The highest BCUT2D eigenvalue weighted by atomic mass is 32.1. The van der Waals surface area contributed by atoms with Crippen LogP contribution in [-0.2, 0) is 0 Å². The summed E-state index contributed by atoms with van der Waals surface area (Å²) in [4.78, 5) is 15.2. The van der Waals surface area contributed by atoms with Crippen LogP contribution in [0.15, 0.2) is 237 Å². The molecular weight excluding hydrogens is 859 g/mol. The summed E-state index contributed by atoms with van der Waals surface area (Å²) in [5.41, 5.74) is 14.5. The van der Waals surface area contributed by atoms with E-state index in [9.17, 15) is 0 Å². The highest BCUT2D eigenvalue weighted by molar-refractivity contribution is 7.27. The average molecular weight is 898 g/mol. The first-order chi connectivity index (χ1) is 34.2.